The van der Waals surface area contributed by atoms with Gasteiger partial charge in [-0.1, -0.05) is 345 Å². The first kappa shape index (κ1) is 79.1. The number of rotatable bonds is 67. The van der Waals surface area contributed by atoms with Crippen LogP contribution in [-0.2, 0) is 28.6 Å². The zero-order valence-electron chi connectivity index (χ0n) is 55.0. The SMILES string of the molecule is CC/C=C\C/C=C\C/C=C\C/C=C\CCCCCCCCCCCCCCCCC(=O)OCC(COC(=O)CCCCCCCCCCCCCCCCCCCC)OC(=O)CCCCCCCCCCC/C=C\CCCCCCCC. The normalized spacial score (nSPS) is 12.4. The van der Waals surface area contributed by atoms with Crippen molar-refractivity contribution >= 4 is 17.9 Å². The Hall–Kier alpha value is -2.89. The minimum Gasteiger partial charge on any atom is -0.462 e. The van der Waals surface area contributed by atoms with E-state index in [2.05, 4.69) is 81.5 Å². The van der Waals surface area contributed by atoms with Gasteiger partial charge in [0.1, 0.15) is 13.2 Å². The summed E-state index contributed by atoms with van der Waals surface area (Å²) in [4.78, 5) is 38.5. The number of allylic oxidation sites excluding steroid dienone is 10. The van der Waals surface area contributed by atoms with Gasteiger partial charge in [0, 0.05) is 19.3 Å². The van der Waals surface area contributed by atoms with Gasteiger partial charge in [-0.3, -0.25) is 14.4 Å². The van der Waals surface area contributed by atoms with E-state index < -0.39 is 6.10 Å². The second kappa shape index (κ2) is 70.6. The van der Waals surface area contributed by atoms with Crippen molar-refractivity contribution in [2.75, 3.05) is 13.2 Å². The van der Waals surface area contributed by atoms with Gasteiger partial charge in [0.2, 0.25) is 0 Å². The van der Waals surface area contributed by atoms with E-state index in [0.717, 1.165) is 83.5 Å². The molecule has 6 heteroatoms. The molecule has 0 aromatic heterocycles. The highest BCUT2D eigenvalue weighted by molar-refractivity contribution is 5.71. The Morgan fingerprint density at radius 1 is 0.256 bits per heavy atom. The molecule has 0 rings (SSSR count). The first-order valence-electron chi connectivity index (χ1n) is 36.3. The Morgan fingerprint density at radius 3 is 0.756 bits per heavy atom. The molecule has 478 valence electrons. The van der Waals surface area contributed by atoms with Crippen LogP contribution in [-0.4, -0.2) is 37.2 Å². The van der Waals surface area contributed by atoms with Gasteiger partial charge in [-0.15, -0.1) is 0 Å². The average Bonchev–Trinajstić information content (AvgIpc) is 3.47. The lowest BCUT2D eigenvalue weighted by atomic mass is 10.0. The van der Waals surface area contributed by atoms with Crippen LogP contribution in [0, 0.1) is 0 Å². The average molecular weight is 1150 g/mol. The third kappa shape index (κ3) is 67.9. The smallest absolute Gasteiger partial charge is 0.306 e. The van der Waals surface area contributed by atoms with Gasteiger partial charge in [0.15, 0.2) is 6.10 Å². The van der Waals surface area contributed by atoms with E-state index in [1.807, 2.05) is 0 Å². The first-order valence-corrected chi connectivity index (χ1v) is 36.3. The summed E-state index contributed by atoms with van der Waals surface area (Å²) in [5, 5.41) is 0. The van der Waals surface area contributed by atoms with E-state index >= 15 is 0 Å². The number of hydrogen-bond donors (Lipinski definition) is 0. The van der Waals surface area contributed by atoms with Crippen LogP contribution in [0.4, 0.5) is 0 Å². The molecule has 0 saturated heterocycles. The molecule has 0 saturated carbocycles. The number of esters is 3. The predicted octanol–water partition coefficient (Wildman–Crippen LogP) is 25.1. The van der Waals surface area contributed by atoms with Crippen molar-refractivity contribution in [3.05, 3.63) is 60.8 Å². The molecule has 0 N–H and O–H groups in total. The Labute approximate surface area is 510 Å². The third-order valence-corrected chi connectivity index (χ3v) is 16.3. The molecule has 1 atom stereocenters. The second-order valence-electron chi connectivity index (χ2n) is 24.5. The maximum Gasteiger partial charge on any atom is 0.306 e. The molecule has 6 nitrogen and oxygen atoms in total. The van der Waals surface area contributed by atoms with Crippen molar-refractivity contribution in [2.45, 2.75) is 393 Å². The molecule has 82 heavy (non-hydrogen) atoms. The lowest BCUT2D eigenvalue weighted by Gasteiger charge is -2.18. The molecule has 0 aromatic rings. The molecule has 0 radical (unpaired) electrons. The van der Waals surface area contributed by atoms with E-state index in [4.69, 9.17) is 14.2 Å². The van der Waals surface area contributed by atoms with Crippen LogP contribution < -0.4 is 0 Å². The van der Waals surface area contributed by atoms with Crippen LogP contribution in [0.1, 0.15) is 387 Å². The zero-order valence-corrected chi connectivity index (χ0v) is 55.0. The predicted molar refractivity (Wildman–Crippen MR) is 358 cm³/mol. The highest BCUT2D eigenvalue weighted by Gasteiger charge is 2.19. The molecule has 0 spiro atoms. The fraction of sp³-hybridized carbons (Fsp3) is 0.829. The lowest BCUT2D eigenvalue weighted by molar-refractivity contribution is -0.167. The molecule has 0 fully saturated rings. The number of unbranched alkanes of at least 4 members (excludes halogenated alkanes) is 46. The van der Waals surface area contributed by atoms with Gasteiger partial charge in [0.05, 0.1) is 0 Å². The fourth-order valence-corrected chi connectivity index (χ4v) is 10.8. The molecule has 0 aromatic carbocycles. The molecule has 0 bridgehead atoms. The van der Waals surface area contributed by atoms with Gasteiger partial charge in [0.25, 0.3) is 0 Å². The van der Waals surface area contributed by atoms with E-state index in [9.17, 15) is 14.4 Å². The van der Waals surface area contributed by atoms with Crippen molar-refractivity contribution < 1.29 is 28.6 Å². The maximum absolute atomic E-state index is 13.0. The quantitative estimate of drug-likeness (QED) is 0.0261. The summed E-state index contributed by atoms with van der Waals surface area (Å²) < 4.78 is 17.0. The van der Waals surface area contributed by atoms with E-state index in [-0.39, 0.29) is 31.1 Å². The first-order chi connectivity index (χ1) is 40.5. The highest BCUT2D eigenvalue weighted by atomic mass is 16.6. The summed E-state index contributed by atoms with van der Waals surface area (Å²) in [6, 6.07) is 0. The van der Waals surface area contributed by atoms with Gasteiger partial charge < -0.3 is 14.2 Å². The lowest BCUT2D eigenvalue weighted by Crippen LogP contribution is -2.30. The molecule has 0 aliphatic carbocycles. The highest BCUT2D eigenvalue weighted by Crippen LogP contribution is 2.18. The summed E-state index contributed by atoms with van der Waals surface area (Å²) in [6.07, 6.45) is 91.0. The van der Waals surface area contributed by atoms with Crippen LogP contribution in [0.15, 0.2) is 60.8 Å². The molecule has 0 amide bonds. The topological polar surface area (TPSA) is 78.9 Å². The van der Waals surface area contributed by atoms with Crippen molar-refractivity contribution in [1.82, 2.24) is 0 Å². The standard InChI is InChI=1S/C76H138O6/c1-4-7-10-13-16-19-22-25-28-31-34-35-36-37-38-39-40-41-43-45-48-51-54-57-60-63-66-69-75(78)81-72-73(71-80-74(77)68-65-62-59-56-53-50-47-44-33-30-27-24-21-18-15-12-9-6-3)82-76(79)70-67-64-61-58-55-52-49-46-42-32-29-26-23-20-17-14-11-8-5-2/h7,10,16,19,25-26,28-29,34-35,73H,4-6,8-9,11-15,17-18,20-24,27,30-33,36-72H2,1-3H3/b10-7-,19-16-,28-25-,29-26-,35-34-. The Kier molecular flexibility index (Phi) is 68.1. The second-order valence-corrected chi connectivity index (χ2v) is 24.5. The zero-order chi connectivity index (χ0) is 59.2. The summed E-state index contributed by atoms with van der Waals surface area (Å²) in [5.41, 5.74) is 0. The van der Waals surface area contributed by atoms with Crippen molar-refractivity contribution in [1.29, 1.82) is 0 Å². The molecule has 1 unspecified atom stereocenters. The Bertz CT molecular complexity index is 1460. The molecular weight excluding hydrogens is 1010 g/mol. The summed E-state index contributed by atoms with van der Waals surface area (Å²) >= 11 is 0. The third-order valence-electron chi connectivity index (χ3n) is 16.3. The van der Waals surface area contributed by atoms with Crippen LogP contribution in [0.25, 0.3) is 0 Å². The summed E-state index contributed by atoms with van der Waals surface area (Å²) in [6.45, 7) is 6.60. The van der Waals surface area contributed by atoms with E-state index in [1.54, 1.807) is 0 Å². The number of ether oxygens (including phenoxy) is 3. The van der Waals surface area contributed by atoms with Gasteiger partial charge in [-0.05, 0) is 83.5 Å². The van der Waals surface area contributed by atoms with Gasteiger partial charge >= 0.3 is 17.9 Å². The minimum absolute atomic E-state index is 0.0693. The molecule has 0 heterocycles. The monoisotopic (exact) mass is 1150 g/mol. The van der Waals surface area contributed by atoms with Crippen molar-refractivity contribution in [3.8, 4) is 0 Å². The van der Waals surface area contributed by atoms with E-state index in [1.165, 1.54) is 263 Å². The van der Waals surface area contributed by atoms with E-state index in [0.29, 0.717) is 19.3 Å². The number of hydrogen-bond acceptors (Lipinski definition) is 6. The van der Waals surface area contributed by atoms with Crippen molar-refractivity contribution in [3.63, 3.8) is 0 Å². The number of carbonyl (C=O) groups is 3. The largest absolute Gasteiger partial charge is 0.462 e. The molecular formula is C76H138O6. The summed E-state index contributed by atoms with van der Waals surface area (Å²) in [7, 11) is 0. The minimum atomic E-state index is -0.774. The maximum atomic E-state index is 13.0. The van der Waals surface area contributed by atoms with Crippen LogP contribution in [0.3, 0.4) is 0 Å². The van der Waals surface area contributed by atoms with Crippen LogP contribution in [0.5, 0.6) is 0 Å². The molecule has 0 aliphatic rings. The van der Waals surface area contributed by atoms with Crippen LogP contribution in [0.2, 0.25) is 0 Å². The summed E-state index contributed by atoms with van der Waals surface area (Å²) in [5.74, 6) is -0.844. The molecule has 0 aliphatic heterocycles. The van der Waals surface area contributed by atoms with Crippen LogP contribution >= 0.6 is 0 Å². The Balaban J connectivity index is 4.29. The fourth-order valence-electron chi connectivity index (χ4n) is 10.8. The Morgan fingerprint density at radius 2 is 0.476 bits per heavy atom. The van der Waals surface area contributed by atoms with Crippen molar-refractivity contribution in [2.24, 2.45) is 0 Å². The number of carbonyl (C=O) groups excluding carboxylic acids is 3. The van der Waals surface area contributed by atoms with Gasteiger partial charge in [-0.2, -0.15) is 0 Å². The van der Waals surface area contributed by atoms with Gasteiger partial charge in [-0.25, -0.2) is 0 Å².